The summed E-state index contributed by atoms with van der Waals surface area (Å²) in [6.07, 6.45) is -1.63. The molecule has 1 saturated carbocycles. The minimum Gasteiger partial charge on any atom is -0.463 e. The molecule has 1 aliphatic carbocycles. The normalized spacial score (nSPS) is 40.2. The zero-order valence-corrected chi connectivity index (χ0v) is 12.4. The molecular formula is C14H24O7. The molecule has 0 aromatic carbocycles. The molecule has 21 heavy (non-hydrogen) atoms. The standard InChI is InChI=1S/C14H24O7/c1-18-10-6-9(13(19-2)12(16)11(10)15)14(17)21-7-8-4-3-5-20-8/h8-13,15-16H,3-7H2,1-2H3/t8?,9?,10-,11-,12-,13-/m1/s1. The number of carbonyl (C=O) groups is 1. The summed E-state index contributed by atoms with van der Waals surface area (Å²) in [5, 5.41) is 20.0. The average molecular weight is 304 g/mol. The number of hydrogen-bond acceptors (Lipinski definition) is 7. The van der Waals surface area contributed by atoms with Gasteiger partial charge in [-0.3, -0.25) is 4.79 Å². The Morgan fingerprint density at radius 2 is 2.00 bits per heavy atom. The Bertz CT molecular complexity index is 342. The van der Waals surface area contributed by atoms with Crippen molar-refractivity contribution in [3.8, 4) is 0 Å². The molecule has 2 rings (SSSR count). The van der Waals surface area contributed by atoms with Crippen LogP contribution in [0.2, 0.25) is 0 Å². The van der Waals surface area contributed by atoms with Crippen molar-refractivity contribution in [3.05, 3.63) is 0 Å². The van der Waals surface area contributed by atoms with Crippen LogP contribution in [0.1, 0.15) is 19.3 Å². The topological polar surface area (TPSA) is 94.5 Å². The van der Waals surface area contributed by atoms with Crippen molar-refractivity contribution in [3.63, 3.8) is 0 Å². The van der Waals surface area contributed by atoms with Crippen LogP contribution in [-0.2, 0) is 23.7 Å². The van der Waals surface area contributed by atoms with Gasteiger partial charge < -0.3 is 29.2 Å². The number of hydrogen-bond donors (Lipinski definition) is 2. The third-order valence-electron chi connectivity index (χ3n) is 4.26. The summed E-state index contributed by atoms with van der Waals surface area (Å²) in [5.41, 5.74) is 0. The number of ether oxygens (including phenoxy) is 4. The van der Waals surface area contributed by atoms with E-state index < -0.39 is 36.3 Å². The van der Waals surface area contributed by atoms with Gasteiger partial charge in [-0.15, -0.1) is 0 Å². The minimum atomic E-state index is -1.19. The highest BCUT2D eigenvalue weighted by Gasteiger charge is 2.47. The smallest absolute Gasteiger partial charge is 0.311 e. The van der Waals surface area contributed by atoms with Crippen molar-refractivity contribution >= 4 is 5.97 Å². The highest BCUT2D eigenvalue weighted by atomic mass is 16.6. The lowest BCUT2D eigenvalue weighted by Crippen LogP contribution is -2.56. The van der Waals surface area contributed by atoms with E-state index in [9.17, 15) is 15.0 Å². The monoisotopic (exact) mass is 304 g/mol. The maximum Gasteiger partial charge on any atom is 0.311 e. The van der Waals surface area contributed by atoms with Crippen molar-refractivity contribution in [1.29, 1.82) is 0 Å². The second-order valence-corrected chi connectivity index (χ2v) is 5.56. The molecule has 0 amide bonds. The van der Waals surface area contributed by atoms with Crippen LogP contribution in [0.5, 0.6) is 0 Å². The van der Waals surface area contributed by atoms with Gasteiger partial charge in [-0.2, -0.15) is 0 Å². The third-order valence-corrected chi connectivity index (χ3v) is 4.26. The van der Waals surface area contributed by atoms with E-state index in [0.717, 1.165) is 12.8 Å². The summed E-state index contributed by atoms with van der Waals surface area (Å²) in [7, 11) is 2.83. The maximum atomic E-state index is 12.2. The van der Waals surface area contributed by atoms with Gasteiger partial charge in [0, 0.05) is 20.8 Å². The molecule has 1 aliphatic heterocycles. The van der Waals surface area contributed by atoms with E-state index in [2.05, 4.69) is 0 Å². The first kappa shape index (κ1) is 16.6. The number of esters is 1. The Morgan fingerprint density at radius 1 is 1.24 bits per heavy atom. The molecule has 2 unspecified atom stereocenters. The number of carbonyl (C=O) groups excluding carboxylic acids is 1. The molecule has 6 atom stereocenters. The SMILES string of the molecule is CO[C@@H]1C(C(=O)OCC2CCCO2)C[C@@H](OC)[C@@H](O)[C@H]1O. The molecule has 2 N–H and O–H groups in total. The van der Waals surface area contributed by atoms with Crippen LogP contribution in [0, 0.1) is 5.92 Å². The number of rotatable bonds is 5. The van der Waals surface area contributed by atoms with Gasteiger partial charge >= 0.3 is 5.97 Å². The lowest BCUT2D eigenvalue weighted by Gasteiger charge is -2.40. The Morgan fingerprint density at radius 3 is 2.57 bits per heavy atom. The predicted octanol–water partition coefficient (Wildman–Crippen LogP) is -0.520. The van der Waals surface area contributed by atoms with Crippen LogP contribution in [0.15, 0.2) is 0 Å². The summed E-state index contributed by atoms with van der Waals surface area (Å²) in [6, 6.07) is 0. The van der Waals surface area contributed by atoms with Crippen molar-refractivity contribution in [2.24, 2.45) is 5.92 Å². The van der Waals surface area contributed by atoms with Crippen LogP contribution >= 0.6 is 0 Å². The zero-order chi connectivity index (χ0) is 15.4. The van der Waals surface area contributed by atoms with E-state index in [1.807, 2.05) is 0 Å². The van der Waals surface area contributed by atoms with E-state index in [1.165, 1.54) is 14.2 Å². The van der Waals surface area contributed by atoms with Gasteiger partial charge in [-0.25, -0.2) is 0 Å². The van der Waals surface area contributed by atoms with Gasteiger partial charge in [0.1, 0.15) is 18.8 Å². The second kappa shape index (κ2) is 7.51. The van der Waals surface area contributed by atoms with Crippen LogP contribution < -0.4 is 0 Å². The number of aliphatic hydroxyl groups excluding tert-OH is 2. The second-order valence-electron chi connectivity index (χ2n) is 5.56. The molecule has 122 valence electrons. The van der Waals surface area contributed by atoms with Crippen LogP contribution in [-0.4, -0.2) is 74.1 Å². The molecule has 0 bridgehead atoms. The Kier molecular flexibility index (Phi) is 5.95. The first-order valence-corrected chi connectivity index (χ1v) is 7.28. The van der Waals surface area contributed by atoms with Crippen molar-refractivity contribution in [1.82, 2.24) is 0 Å². The summed E-state index contributed by atoms with van der Waals surface area (Å²) in [4.78, 5) is 12.2. The summed E-state index contributed by atoms with van der Waals surface area (Å²) in [6.45, 7) is 0.908. The highest BCUT2D eigenvalue weighted by molar-refractivity contribution is 5.73. The molecule has 7 nitrogen and oxygen atoms in total. The Labute approximate surface area is 124 Å². The van der Waals surface area contributed by atoms with Gasteiger partial charge in [0.05, 0.1) is 24.2 Å². The number of aliphatic hydroxyl groups is 2. The van der Waals surface area contributed by atoms with Crippen molar-refractivity contribution in [2.75, 3.05) is 27.4 Å². The molecule has 0 aromatic heterocycles. The Balaban J connectivity index is 1.95. The highest BCUT2D eigenvalue weighted by Crippen LogP contribution is 2.30. The lowest BCUT2D eigenvalue weighted by molar-refractivity contribution is -0.193. The van der Waals surface area contributed by atoms with Gasteiger partial charge in [0.25, 0.3) is 0 Å². The molecular weight excluding hydrogens is 280 g/mol. The molecule has 0 aromatic rings. The predicted molar refractivity (Wildman–Crippen MR) is 71.6 cm³/mol. The summed E-state index contributed by atoms with van der Waals surface area (Å²) < 4.78 is 21.0. The van der Waals surface area contributed by atoms with Crippen molar-refractivity contribution in [2.45, 2.75) is 49.8 Å². The average Bonchev–Trinajstić information content (AvgIpc) is 3.00. The molecule has 1 saturated heterocycles. The van der Waals surface area contributed by atoms with E-state index in [4.69, 9.17) is 18.9 Å². The van der Waals surface area contributed by atoms with Crippen LogP contribution in [0.3, 0.4) is 0 Å². The fraction of sp³-hybridized carbons (Fsp3) is 0.929. The Hall–Kier alpha value is -0.730. The zero-order valence-electron chi connectivity index (χ0n) is 12.4. The van der Waals surface area contributed by atoms with Gasteiger partial charge in [-0.1, -0.05) is 0 Å². The van der Waals surface area contributed by atoms with Crippen LogP contribution in [0.25, 0.3) is 0 Å². The molecule has 2 aliphatic rings. The molecule has 0 spiro atoms. The van der Waals surface area contributed by atoms with Gasteiger partial charge in [0.2, 0.25) is 0 Å². The number of methoxy groups -OCH3 is 2. The maximum absolute atomic E-state index is 12.2. The van der Waals surface area contributed by atoms with Gasteiger partial charge in [-0.05, 0) is 19.3 Å². The van der Waals surface area contributed by atoms with Gasteiger partial charge in [0.15, 0.2) is 0 Å². The lowest BCUT2D eigenvalue weighted by atomic mass is 9.80. The van der Waals surface area contributed by atoms with Crippen molar-refractivity contribution < 1.29 is 34.0 Å². The quantitative estimate of drug-likeness (QED) is 0.660. The van der Waals surface area contributed by atoms with E-state index in [0.29, 0.717) is 6.61 Å². The molecule has 1 heterocycles. The van der Waals surface area contributed by atoms with E-state index in [1.54, 1.807) is 0 Å². The molecule has 0 radical (unpaired) electrons. The minimum absolute atomic E-state index is 0.0488. The molecule has 2 fully saturated rings. The first-order chi connectivity index (χ1) is 10.1. The molecule has 7 heteroatoms. The van der Waals surface area contributed by atoms with Crippen LogP contribution in [0.4, 0.5) is 0 Å². The third kappa shape index (κ3) is 3.73. The fourth-order valence-corrected chi connectivity index (χ4v) is 3.00. The summed E-state index contributed by atoms with van der Waals surface area (Å²) >= 11 is 0. The van der Waals surface area contributed by atoms with E-state index in [-0.39, 0.29) is 19.1 Å². The fourth-order valence-electron chi connectivity index (χ4n) is 3.00. The summed E-state index contributed by atoms with van der Waals surface area (Å²) in [5.74, 6) is -1.12. The van der Waals surface area contributed by atoms with E-state index >= 15 is 0 Å². The first-order valence-electron chi connectivity index (χ1n) is 7.28. The largest absolute Gasteiger partial charge is 0.463 e.